The van der Waals surface area contributed by atoms with Crippen molar-refractivity contribution in [3.05, 3.63) is 71.8 Å². The van der Waals surface area contributed by atoms with Crippen LogP contribution in [0.25, 0.3) is 5.70 Å². The van der Waals surface area contributed by atoms with Crippen LogP contribution in [0, 0.1) is 5.82 Å². The zero-order chi connectivity index (χ0) is 17.6. The molecule has 8 nitrogen and oxygen atoms in total. The third kappa shape index (κ3) is 4.02. The number of nitrogens with zero attached hydrogens (tertiary/aromatic N) is 5. The molecule has 0 amide bonds. The molecular formula is C16H14FN7O. The summed E-state index contributed by atoms with van der Waals surface area (Å²) in [5.74, 6) is 0.000730. The van der Waals surface area contributed by atoms with Crippen LogP contribution in [0.3, 0.4) is 0 Å². The zero-order valence-corrected chi connectivity index (χ0v) is 13.0. The van der Waals surface area contributed by atoms with Crippen molar-refractivity contribution in [1.29, 1.82) is 0 Å². The summed E-state index contributed by atoms with van der Waals surface area (Å²) < 4.78 is 18.6. The Morgan fingerprint density at radius 1 is 1.28 bits per heavy atom. The topological polar surface area (TPSA) is 129 Å². The molecule has 0 saturated carbocycles. The fourth-order valence-electron chi connectivity index (χ4n) is 1.99. The lowest BCUT2D eigenvalue weighted by Crippen LogP contribution is -2.09. The number of hydrogen-bond acceptors (Lipinski definition) is 8. The second-order valence-corrected chi connectivity index (χ2v) is 4.98. The minimum atomic E-state index is -0.342. The number of anilines is 1. The van der Waals surface area contributed by atoms with Crippen LogP contribution in [0.5, 0.6) is 0 Å². The number of hydrogen-bond donors (Lipinski definition) is 2. The van der Waals surface area contributed by atoms with Crippen molar-refractivity contribution < 1.29 is 8.91 Å². The van der Waals surface area contributed by atoms with Gasteiger partial charge in [-0.25, -0.2) is 9.37 Å². The fraction of sp³-hybridized carbons (Fsp3) is 0.0625. The predicted molar refractivity (Wildman–Crippen MR) is 89.5 cm³/mol. The SMILES string of the molecule is NC(=CC(=NCc1ccccc1F)c1ccon1)c1nncc(N)n1. The normalized spacial score (nSPS) is 12.4. The Balaban J connectivity index is 1.94. The van der Waals surface area contributed by atoms with Gasteiger partial charge in [0.15, 0.2) is 5.82 Å². The van der Waals surface area contributed by atoms with E-state index in [9.17, 15) is 4.39 Å². The zero-order valence-electron chi connectivity index (χ0n) is 13.0. The maximum Gasteiger partial charge on any atom is 0.199 e. The molecule has 2 heterocycles. The molecule has 0 bridgehead atoms. The van der Waals surface area contributed by atoms with Gasteiger partial charge < -0.3 is 16.0 Å². The molecule has 0 aliphatic rings. The summed E-state index contributed by atoms with van der Waals surface area (Å²) in [4.78, 5) is 8.37. The average Bonchev–Trinajstić information content (AvgIpc) is 3.14. The van der Waals surface area contributed by atoms with Crippen LogP contribution in [0.15, 0.2) is 58.4 Å². The van der Waals surface area contributed by atoms with Crippen molar-refractivity contribution in [3.8, 4) is 0 Å². The van der Waals surface area contributed by atoms with E-state index in [2.05, 4.69) is 25.3 Å². The van der Waals surface area contributed by atoms with E-state index in [1.54, 1.807) is 24.3 Å². The number of allylic oxidation sites excluding steroid dienone is 1. The molecule has 0 atom stereocenters. The highest BCUT2D eigenvalue weighted by Crippen LogP contribution is 2.11. The molecule has 3 rings (SSSR count). The lowest BCUT2D eigenvalue weighted by Gasteiger charge is -2.03. The minimum Gasteiger partial charge on any atom is -0.396 e. The van der Waals surface area contributed by atoms with Crippen LogP contribution >= 0.6 is 0 Å². The molecule has 0 radical (unpaired) electrons. The summed E-state index contributed by atoms with van der Waals surface area (Å²) in [7, 11) is 0. The van der Waals surface area contributed by atoms with E-state index < -0.39 is 0 Å². The van der Waals surface area contributed by atoms with E-state index >= 15 is 0 Å². The summed E-state index contributed by atoms with van der Waals surface area (Å²) in [6, 6.07) is 7.99. The van der Waals surface area contributed by atoms with Gasteiger partial charge in [-0.15, -0.1) is 5.10 Å². The number of aromatic nitrogens is 4. The van der Waals surface area contributed by atoms with Gasteiger partial charge in [0.2, 0.25) is 0 Å². The van der Waals surface area contributed by atoms with E-state index in [1.807, 2.05) is 0 Å². The van der Waals surface area contributed by atoms with E-state index in [0.29, 0.717) is 17.0 Å². The number of benzene rings is 1. The molecule has 1 aromatic carbocycles. The number of nitrogen functional groups attached to an aromatic ring is 1. The molecule has 9 heteroatoms. The number of halogens is 1. The maximum atomic E-state index is 13.8. The average molecular weight is 339 g/mol. The molecule has 4 N–H and O–H groups in total. The highest BCUT2D eigenvalue weighted by molar-refractivity contribution is 6.10. The molecular weight excluding hydrogens is 325 g/mol. The van der Waals surface area contributed by atoms with Gasteiger partial charge in [-0.3, -0.25) is 4.99 Å². The molecule has 0 unspecified atom stereocenters. The Labute approximate surface area is 142 Å². The van der Waals surface area contributed by atoms with Gasteiger partial charge in [-0.1, -0.05) is 23.4 Å². The highest BCUT2D eigenvalue weighted by atomic mass is 19.1. The van der Waals surface area contributed by atoms with Gasteiger partial charge in [0.1, 0.15) is 23.6 Å². The first-order valence-corrected chi connectivity index (χ1v) is 7.25. The molecule has 0 aliphatic carbocycles. The highest BCUT2D eigenvalue weighted by Gasteiger charge is 2.09. The fourth-order valence-corrected chi connectivity index (χ4v) is 1.99. The first-order chi connectivity index (χ1) is 12.1. The minimum absolute atomic E-state index is 0.106. The quantitative estimate of drug-likeness (QED) is 0.675. The summed E-state index contributed by atoms with van der Waals surface area (Å²) in [5.41, 5.74) is 13.0. The second kappa shape index (κ2) is 7.30. The Kier molecular flexibility index (Phi) is 4.74. The molecule has 2 aromatic heterocycles. The number of rotatable bonds is 5. The Morgan fingerprint density at radius 3 is 2.84 bits per heavy atom. The van der Waals surface area contributed by atoms with Gasteiger partial charge in [0, 0.05) is 11.6 Å². The van der Waals surface area contributed by atoms with Gasteiger partial charge in [0.25, 0.3) is 0 Å². The van der Waals surface area contributed by atoms with Crippen LogP contribution in [0.1, 0.15) is 17.1 Å². The van der Waals surface area contributed by atoms with E-state index in [1.165, 1.54) is 24.6 Å². The first kappa shape index (κ1) is 16.2. The number of aliphatic imine (C=N–C) groups is 1. The molecule has 0 fully saturated rings. The second-order valence-electron chi connectivity index (χ2n) is 4.98. The number of nitrogens with two attached hydrogens (primary N) is 2. The Morgan fingerprint density at radius 2 is 2.12 bits per heavy atom. The lowest BCUT2D eigenvalue weighted by molar-refractivity contribution is 0.418. The molecule has 126 valence electrons. The first-order valence-electron chi connectivity index (χ1n) is 7.25. The summed E-state index contributed by atoms with van der Waals surface area (Å²) >= 11 is 0. The van der Waals surface area contributed by atoms with Gasteiger partial charge >= 0.3 is 0 Å². The van der Waals surface area contributed by atoms with Crippen LogP contribution < -0.4 is 11.5 Å². The summed E-state index contributed by atoms with van der Waals surface area (Å²) in [5, 5.41) is 11.3. The van der Waals surface area contributed by atoms with Crippen molar-refractivity contribution >= 4 is 17.2 Å². The molecule has 25 heavy (non-hydrogen) atoms. The van der Waals surface area contributed by atoms with Crippen molar-refractivity contribution in [2.24, 2.45) is 10.7 Å². The summed E-state index contributed by atoms with van der Waals surface area (Å²) in [6.07, 6.45) is 4.22. The summed E-state index contributed by atoms with van der Waals surface area (Å²) in [6.45, 7) is 0.106. The van der Waals surface area contributed by atoms with Gasteiger partial charge in [0.05, 0.1) is 24.2 Å². The van der Waals surface area contributed by atoms with E-state index in [-0.39, 0.29) is 29.7 Å². The van der Waals surface area contributed by atoms with E-state index in [0.717, 1.165) is 0 Å². The largest absolute Gasteiger partial charge is 0.396 e. The predicted octanol–water partition coefficient (Wildman–Crippen LogP) is 1.57. The van der Waals surface area contributed by atoms with Crippen molar-refractivity contribution in [2.45, 2.75) is 6.54 Å². The van der Waals surface area contributed by atoms with Gasteiger partial charge in [-0.2, -0.15) is 5.10 Å². The van der Waals surface area contributed by atoms with Crippen LogP contribution in [-0.4, -0.2) is 26.0 Å². The Bertz CT molecular complexity index is 922. The van der Waals surface area contributed by atoms with E-state index in [4.69, 9.17) is 16.0 Å². The smallest absolute Gasteiger partial charge is 0.199 e. The van der Waals surface area contributed by atoms with Gasteiger partial charge in [-0.05, 0) is 12.1 Å². The molecule has 0 spiro atoms. The Hall–Kier alpha value is -3.62. The van der Waals surface area contributed by atoms with Crippen molar-refractivity contribution in [3.63, 3.8) is 0 Å². The van der Waals surface area contributed by atoms with Crippen molar-refractivity contribution in [1.82, 2.24) is 20.3 Å². The van der Waals surface area contributed by atoms with Crippen molar-refractivity contribution in [2.75, 3.05) is 5.73 Å². The van der Waals surface area contributed by atoms with Crippen LogP contribution in [0.4, 0.5) is 10.2 Å². The third-order valence-corrected chi connectivity index (χ3v) is 3.21. The monoisotopic (exact) mass is 339 g/mol. The molecule has 3 aromatic rings. The van der Waals surface area contributed by atoms with Crippen LogP contribution in [0.2, 0.25) is 0 Å². The molecule has 0 aliphatic heterocycles. The van der Waals surface area contributed by atoms with Crippen LogP contribution in [-0.2, 0) is 6.54 Å². The maximum absolute atomic E-state index is 13.8. The standard InChI is InChI=1S/C16H14FN7O/c17-11-4-2-1-3-10(11)8-20-14(13-5-6-25-24-13)7-12(18)16-22-15(19)9-21-23-16/h1-7,9H,8,18H2,(H2,19,22,23). The molecule has 0 saturated heterocycles. The lowest BCUT2D eigenvalue weighted by atomic mass is 10.2. The third-order valence-electron chi connectivity index (χ3n) is 3.21.